The van der Waals surface area contributed by atoms with E-state index in [4.69, 9.17) is 16.3 Å². The van der Waals surface area contributed by atoms with Crippen LogP contribution in [0.15, 0.2) is 46.9 Å². The maximum atomic E-state index is 10.9. The molecule has 0 aliphatic rings. The highest BCUT2D eigenvalue weighted by Crippen LogP contribution is 2.30. The first-order valence-corrected chi connectivity index (χ1v) is 6.54. The van der Waals surface area contributed by atoms with Crippen molar-refractivity contribution in [3.63, 3.8) is 0 Å². The molecule has 0 N–H and O–H groups in total. The third kappa shape index (κ3) is 3.68. The van der Waals surface area contributed by atoms with Gasteiger partial charge >= 0.3 is 5.69 Å². The number of nitro groups is 1. The van der Waals surface area contributed by atoms with Crippen LogP contribution < -0.4 is 4.74 Å². The molecule has 0 bridgehead atoms. The Kier molecular flexibility index (Phi) is 4.39. The number of halogens is 2. The fourth-order valence-electron chi connectivity index (χ4n) is 1.50. The van der Waals surface area contributed by atoms with E-state index in [0.717, 1.165) is 10.0 Å². The minimum atomic E-state index is -0.493. The molecule has 0 aromatic heterocycles. The second-order valence-corrected chi connectivity index (χ2v) is 5.14. The van der Waals surface area contributed by atoms with Crippen LogP contribution in [-0.4, -0.2) is 4.92 Å². The quantitative estimate of drug-likeness (QED) is 0.603. The summed E-state index contributed by atoms with van der Waals surface area (Å²) in [5.74, 6) is 0.167. The molecule has 2 rings (SSSR count). The molecule has 0 heterocycles. The van der Waals surface area contributed by atoms with Crippen molar-refractivity contribution >= 4 is 33.2 Å². The summed E-state index contributed by atoms with van der Waals surface area (Å²) in [6.07, 6.45) is 0. The van der Waals surface area contributed by atoms with E-state index >= 15 is 0 Å². The number of hydrogen-bond donors (Lipinski definition) is 0. The monoisotopic (exact) mass is 341 g/mol. The van der Waals surface area contributed by atoms with Crippen LogP contribution in [0.5, 0.6) is 5.75 Å². The third-order valence-corrected chi connectivity index (χ3v) is 3.19. The van der Waals surface area contributed by atoms with Gasteiger partial charge < -0.3 is 4.74 Å². The second-order valence-electron chi connectivity index (χ2n) is 3.78. The maximum absolute atomic E-state index is 10.9. The van der Waals surface area contributed by atoms with Gasteiger partial charge in [0.1, 0.15) is 6.61 Å². The lowest BCUT2D eigenvalue weighted by molar-refractivity contribution is -0.385. The van der Waals surface area contributed by atoms with Gasteiger partial charge in [0.2, 0.25) is 0 Å². The van der Waals surface area contributed by atoms with Crippen molar-refractivity contribution in [3.05, 3.63) is 67.6 Å². The molecule has 0 radical (unpaired) electrons. The first-order valence-electron chi connectivity index (χ1n) is 5.37. The molecule has 2 aromatic carbocycles. The van der Waals surface area contributed by atoms with Crippen molar-refractivity contribution in [3.8, 4) is 5.75 Å². The minimum absolute atomic E-state index is 0.0958. The normalized spacial score (nSPS) is 10.2. The fraction of sp³-hybridized carbons (Fsp3) is 0.0769. The summed E-state index contributed by atoms with van der Waals surface area (Å²) in [6.45, 7) is 0.245. The van der Waals surface area contributed by atoms with Crippen LogP contribution in [0, 0.1) is 10.1 Å². The highest BCUT2D eigenvalue weighted by atomic mass is 79.9. The molecule has 98 valence electrons. The van der Waals surface area contributed by atoms with Gasteiger partial charge in [-0.3, -0.25) is 10.1 Å². The maximum Gasteiger partial charge on any atom is 0.311 e. The second kappa shape index (κ2) is 6.04. The Balaban J connectivity index is 2.16. The molecule has 0 fully saturated rings. The molecule has 0 spiro atoms. The Morgan fingerprint density at radius 2 is 1.89 bits per heavy atom. The Labute approximate surface area is 123 Å². The van der Waals surface area contributed by atoms with Gasteiger partial charge in [0.25, 0.3) is 0 Å². The number of hydrogen-bond acceptors (Lipinski definition) is 3. The molecule has 0 saturated heterocycles. The van der Waals surface area contributed by atoms with E-state index in [0.29, 0.717) is 5.02 Å². The Hall–Kier alpha value is -1.59. The van der Waals surface area contributed by atoms with E-state index in [1.165, 1.54) is 18.2 Å². The zero-order valence-electron chi connectivity index (χ0n) is 9.68. The topological polar surface area (TPSA) is 52.4 Å². The lowest BCUT2D eigenvalue weighted by atomic mass is 10.2. The lowest BCUT2D eigenvalue weighted by Crippen LogP contribution is -1.99. The summed E-state index contributed by atoms with van der Waals surface area (Å²) >= 11 is 9.15. The van der Waals surface area contributed by atoms with Crippen LogP contribution in [0.3, 0.4) is 0 Å². The van der Waals surface area contributed by atoms with Gasteiger partial charge in [-0.1, -0.05) is 39.7 Å². The summed E-state index contributed by atoms with van der Waals surface area (Å²) in [5, 5.41) is 11.3. The molecule has 2 aromatic rings. The van der Waals surface area contributed by atoms with Crippen molar-refractivity contribution in [2.45, 2.75) is 6.61 Å². The molecule has 19 heavy (non-hydrogen) atoms. The largest absolute Gasteiger partial charge is 0.482 e. The first-order chi connectivity index (χ1) is 9.06. The Morgan fingerprint density at radius 1 is 1.21 bits per heavy atom. The number of rotatable bonds is 4. The molecule has 0 aliphatic carbocycles. The summed E-state index contributed by atoms with van der Waals surface area (Å²) in [6, 6.07) is 11.8. The molecule has 0 unspecified atom stereocenters. The van der Waals surface area contributed by atoms with Gasteiger partial charge in [-0.25, -0.2) is 0 Å². The zero-order valence-corrected chi connectivity index (χ0v) is 12.0. The van der Waals surface area contributed by atoms with E-state index in [-0.39, 0.29) is 18.0 Å². The Morgan fingerprint density at radius 3 is 2.53 bits per heavy atom. The summed E-state index contributed by atoms with van der Waals surface area (Å²) in [5.41, 5.74) is 0.819. The predicted molar refractivity (Wildman–Crippen MR) is 76.6 cm³/mol. The van der Waals surface area contributed by atoms with Crippen molar-refractivity contribution < 1.29 is 9.66 Å². The van der Waals surface area contributed by atoms with Crippen LogP contribution in [0.4, 0.5) is 5.69 Å². The average Bonchev–Trinajstić information content (AvgIpc) is 2.38. The van der Waals surface area contributed by atoms with Gasteiger partial charge in [0, 0.05) is 21.6 Å². The van der Waals surface area contributed by atoms with Crippen molar-refractivity contribution in [2.75, 3.05) is 0 Å². The minimum Gasteiger partial charge on any atom is -0.482 e. The number of nitro benzene ring substituents is 1. The van der Waals surface area contributed by atoms with E-state index in [1.807, 2.05) is 24.3 Å². The number of nitrogens with zero attached hydrogens (tertiary/aromatic N) is 1. The molecular formula is C13H9BrClNO3. The van der Waals surface area contributed by atoms with Crippen LogP contribution in [-0.2, 0) is 6.61 Å². The fourth-order valence-corrected chi connectivity index (χ4v) is 1.92. The van der Waals surface area contributed by atoms with Crippen molar-refractivity contribution in [1.29, 1.82) is 0 Å². The smallest absolute Gasteiger partial charge is 0.311 e. The van der Waals surface area contributed by atoms with Crippen molar-refractivity contribution in [1.82, 2.24) is 0 Å². The van der Waals surface area contributed by atoms with Gasteiger partial charge in [0.15, 0.2) is 5.75 Å². The van der Waals surface area contributed by atoms with Crippen LogP contribution in [0.25, 0.3) is 0 Å². The van der Waals surface area contributed by atoms with Gasteiger partial charge in [-0.2, -0.15) is 0 Å². The summed E-state index contributed by atoms with van der Waals surface area (Å²) in [7, 11) is 0. The van der Waals surface area contributed by atoms with Crippen LogP contribution in [0.1, 0.15) is 5.56 Å². The van der Waals surface area contributed by atoms with Gasteiger partial charge in [0.05, 0.1) is 4.92 Å². The average molecular weight is 343 g/mol. The van der Waals surface area contributed by atoms with Crippen LogP contribution >= 0.6 is 27.5 Å². The molecule has 4 nitrogen and oxygen atoms in total. The van der Waals surface area contributed by atoms with E-state index < -0.39 is 4.92 Å². The molecule has 6 heteroatoms. The van der Waals surface area contributed by atoms with Crippen molar-refractivity contribution in [2.24, 2.45) is 0 Å². The number of ether oxygens (including phenoxy) is 1. The molecule has 0 amide bonds. The van der Waals surface area contributed by atoms with E-state index in [1.54, 1.807) is 0 Å². The molecular weight excluding hydrogens is 334 g/mol. The van der Waals surface area contributed by atoms with E-state index in [9.17, 15) is 10.1 Å². The van der Waals surface area contributed by atoms with Gasteiger partial charge in [-0.15, -0.1) is 0 Å². The standard InChI is InChI=1S/C13H9BrClNO3/c14-10-3-1-9(2-4-10)8-19-13-7-11(15)5-6-12(13)16(17)18/h1-7H,8H2. The van der Waals surface area contributed by atoms with Gasteiger partial charge in [-0.05, 0) is 23.8 Å². The molecule has 0 aliphatic heterocycles. The third-order valence-electron chi connectivity index (χ3n) is 2.43. The zero-order chi connectivity index (χ0) is 13.8. The number of benzene rings is 2. The van der Waals surface area contributed by atoms with Crippen LogP contribution in [0.2, 0.25) is 5.02 Å². The Bertz CT molecular complexity index is 601. The highest BCUT2D eigenvalue weighted by molar-refractivity contribution is 9.10. The first kappa shape index (κ1) is 13.8. The summed E-state index contributed by atoms with van der Waals surface area (Å²) < 4.78 is 6.43. The lowest BCUT2D eigenvalue weighted by Gasteiger charge is -2.07. The molecule has 0 saturated carbocycles. The predicted octanol–water partition coefficient (Wildman–Crippen LogP) is 4.59. The highest BCUT2D eigenvalue weighted by Gasteiger charge is 2.15. The summed E-state index contributed by atoms with van der Waals surface area (Å²) in [4.78, 5) is 10.4. The van der Waals surface area contributed by atoms with E-state index in [2.05, 4.69) is 15.9 Å². The SMILES string of the molecule is O=[N+]([O-])c1ccc(Cl)cc1OCc1ccc(Br)cc1. The molecule has 0 atom stereocenters.